The first-order chi connectivity index (χ1) is 16.1. The fraction of sp³-hybridized carbons (Fsp3) is 0.286. The third kappa shape index (κ3) is 4.64. The van der Waals surface area contributed by atoms with E-state index < -0.39 is 5.41 Å². The number of fused-ring (bicyclic) bond motifs is 1. The Hall–Kier alpha value is -3.96. The molecule has 5 heteroatoms. The molecule has 0 bridgehead atoms. The van der Waals surface area contributed by atoms with Crippen LogP contribution in [0.25, 0.3) is 11.0 Å². The molecule has 3 aromatic rings. The largest absolute Gasteiger partial charge is 0.490 e. The van der Waals surface area contributed by atoms with Crippen molar-refractivity contribution in [2.75, 3.05) is 7.11 Å². The van der Waals surface area contributed by atoms with Crippen molar-refractivity contribution in [3.63, 3.8) is 0 Å². The highest BCUT2D eigenvalue weighted by Crippen LogP contribution is 2.42. The molecular formula is C28H26N2O3. The van der Waals surface area contributed by atoms with Gasteiger partial charge >= 0.3 is 0 Å². The zero-order valence-electron chi connectivity index (χ0n) is 18.9. The molecule has 1 aromatic heterocycles. The van der Waals surface area contributed by atoms with Gasteiger partial charge in [0, 0.05) is 18.2 Å². The van der Waals surface area contributed by atoms with E-state index in [2.05, 4.69) is 24.3 Å². The molecule has 0 saturated heterocycles. The van der Waals surface area contributed by atoms with Crippen LogP contribution in [0.5, 0.6) is 11.5 Å². The molecule has 33 heavy (non-hydrogen) atoms. The highest BCUT2D eigenvalue weighted by molar-refractivity contribution is 5.89. The standard InChI is InChI=1S/C28H26N2O3/c1-20-15-28(18-29,19-30)16-23(20)11-7-6-10-22-14-25(33-17-21-8-4-3-5-9-21)27(31-2)26-24(22)12-13-32-26/h3-5,7-9,11-14H,6,10,15-17H2,1-2H3/b11-7+. The van der Waals surface area contributed by atoms with E-state index >= 15 is 0 Å². The molecule has 1 aliphatic rings. The topological polar surface area (TPSA) is 79.2 Å². The quantitative estimate of drug-likeness (QED) is 0.393. The lowest BCUT2D eigenvalue weighted by Crippen LogP contribution is -2.11. The van der Waals surface area contributed by atoms with Gasteiger partial charge in [0.2, 0.25) is 5.75 Å². The van der Waals surface area contributed by atoms with Crippen molar-refractivity contribution >= 4 is 11.0 Å². The van der Waals surface area contributed by atoms with Gasteiger partial charge in [-0.25, -0.2) is 0 Å². The normalized spacial score (nSPS) is 15.0. The Balaban J connectivity index is 1.50. The first-order valence-corrected chi connectivity index (χ1v) is 11.0. The van der Waals surface area contributed by atoms with Crippen LogP contribution in [0.4, 0.5) is 0 Å². The molecule has 166 valence electrons. The molecule has 2 aromatic carbocycles. The number of rotatable bonds is 8. The van der Waals surface area contributed by atoms with Crippen molar-refractivity contribution < 1.29 is 13.9 Å². The van der Waals surface area contributed by atoms with Gasteiger partial charge in [-0.15, -0.1) is 0 Å². The van der Waals surface area contributed by atoms with Gasteiger partial charge in [0.05, 0.1) is 25.5 Å². The molecule has 0 unspecified atom stereocenters. The Morgan fingerprint density at radius 1 is 1.12 bits per heavy atom. The Bertz CT molecular complexity index is 1270. The van der Waals surface area contributed by atoms with Gasteiger partial charge < -0.3 is 13.9 Å². The molecule has 0 atom stereocenters. The van der Waals surface area contributed by atoms with E-state index in [1.807, 2.05) is 49.4 Å². The van der Waals surface area contributed by atoms with E-state index in [-0.39, 0.29) is 0 Å². The number of benzene rings is 2. The van der Waals surface area contributed by atoms with Gasteiger partial charge in [0.15, 0.2) is 16.7 Å². The van der Waals surface area contributed by atoms with E-state index in [1.54, 1.807) is 13.4 Å². The van der Waals surface area contributed by atoms with Crippen molar-refractivity contribution in [3.8, 4) is 23.6 Å². The second-order valence-electron chi connectivity index (χ2n) is 8.41. The van der Waals surface area contributed by atoms with E-state index in [0.717, 1.165) is 40.5 Å². The number of hydrogen-bond donors (Lipinski definition) is 0. The molecule has 4 rings (SSSR count). The van der Waals surface area contributed by atoms with Gasteiger partial charge in [-0.3, -0.25) is 0 Å². The lowest BCUT2D eigenvalue weighted by Gasteiger charge is -2.13. The summed E-state index contributed by atoms with van der Waals surface area (Å²) in [6, 6.07) is 18.4. The highest BCUT2D eigenvalue weighted by Gasteiger charge is 2.37. The van der Waals surface area contributed by atoms with Crippen molar-refractivity contribution in [1.29, 1.82) is 10.5 Å². The second kappa shape index (κ2) is 9.67. The second-order valence-corrected chi connectivity index (χ2v) is 8.41. The first-order valence-electron chi connectivity index (χ1n) is 11.0. The fourth-order valence-corrected chi connectivity index (χ4v) is 4.35. The number of aryl methyl sites for hydroxylation is 1. The predicted molar refractivity (Wildman–Crippen MR) is 127 cm³/mol. The number of methoxy groups -OCH3 is 1. The molecule has 0 N–H and O–H groups in total. The van der Waals surface area contributed by atoms with Crippen LogP contribution >= 0.6 is 0 Å². The summed E-state index contributed by atoms with van der Waals surface area (Å²) in [4.78, 5) is 0. The summed E-state index contributed by atoms with van der Waals surface area (Å²) in [5.74, 6) is 1.26. The molecule has 0 saturated carbocycles. The smallest absolute Gasteiger partial charge is 0.204 e. The summed E-state index contributed by atoms with van der Waals surface area (Å²) >= 11 is 0. The predicted octanol–water partition coefficient (Wildman–Crippen LogP) is 6.65. The maximum absolute atomic E-state index is 9.38. The summed E-state index contributed by atoms with van der Waals surface area (Å²) in [6.07, 6.45) is 8.48. The van der Waals surface area contributed by atoms with Crippen LogP contribution in [0.3, 0.4) is 0 Å². The van der Waals surface area contributed by atoms with Crippen LogP contribution < -0.4 is 9.47 Å². The lowest BCUT2D eigenvalue weighted by atomic mass is 9.87. The van der Waals surface area contributed by atoms with Gasteiger partial charge in [-0.05, 0) is 48.6 Å². The summed E-state index contributed by atoms with van der Waals surface area (Å²) in [7, 11) is 1.62. The zero-order chi connectivity index (χ0) is 23.3. The van der Waals surface area contributed by atoms with Crippen molar-refractivity contribution in [2.24, 2.45) is 5.41 Å². The van der Waals surface area contributed by atoms with Crippen molar-refractivity contribution in [2.45, 2.75) is 39.2 Å². The van der Waals surface area contributed by atoms with E-state index in [4.69, 9.17) is 13.9 Å². The summed E-state index contributed by atoms with van der Waals surface area (Å²) in [5.41, 5.74) is 4.18. The molecule has 0 radical (unpaired) electrons. The van der Waals surface area contributed by atoms with Gasteiger partial charge in [-0.2, -0.15) is 10.5 Å². The van der Waals surface area contributed by atoms with Crippen LogP contribution in [0, 0.1) is 28.1 Å². The van der Waals surface area contributed by atoms with Crippen molar-refractivity contribution in [3.05, 3.63) is 83.2 Å². The average molecular weight is 439 g/mol. The number of allylic oxidation sites excluding steroid dienone is 4. The van der Waals surface area contributed by atoms with Gasteiger partial charge in [0.1, 0.15) is 6.61 Å². The molecule has 1 aliphatic carbocycles. The monoisotopic (exact) mass is 438 g/mol. The van der Waals surface area contributed by atoms with Gasteiger partial charge in [0.25, 0.3) is 0 Å². The van der Waals surface area contributed by atoms with E-state index in [9.17, 15) is 10.5 Å². The summed E-state index contributed by atoms with van der Waals surface area (Å²) < 4.78 is 17.5. The molecule has 5 nitrogen and oxygen atoms in total. The molecular weight excluding hydrogens is 412 g/mol. The molecule has 0 aliphatic heterocycles. The third-order valence-electron chi connectivity index (χ3n) is 6.12. The SMILES string of the molecule is COc1c(OCc2ccccc2)cc(CC/C=C/C2=C(C)CC(C#N)(C#N)C2)c2ccoc12. The van der Waals surface area contributed by atoms with Crippen LogP contribution in [-0.4, -0.2) is 7.11 Å². The lowest BCUT2D eigenvalue weighted by molar-refractivity contribution is 0.284. The van der Waals surface area contributed by atoms with Crippen LogP contribution in [0.15, 0.2) is 76.4 Å². The Labute approximate surface area is 194 Å². The molecule has 1 heterocycles. The van der Waals surface area contributed by atoms with Crippen LogP contribution in [0.2, 0.25) is 0 Å². The van der Waals surface area contributed by atoms with E-state index in [0.29, 0.717) is 36.5 Å². The van der Waals surface area contributed by atoms with Gasteiger partial charge in [-0.1, -0.05) is 48.1 Å². The molecule has 0 spiro atoms. The maximum Gasteiger partial charge on any atom is 0.204 e. The van der Waals surface area contributed by atoms with E-state index in [1.165, 1.54) is 0 Å². The third-order valence-corrected chi connectivity index (χ3v) is 6.12. The minimum atomic E-state index is -0.909. The Kier molecular flexibility index (Phi) is 6.52. The van der Waals surface area contributed by atoms with Crippen LogP contribution in [0.1, 0.15) is 37.3 Å². The molecule has 0 fully saturated rings. The minimum Gasteiger partial charge on any atom is -0.490 e. The summed E-state index contributed by atoms with van der Waals surface area (Å²) in [6.45, 7) is 2.45. The summed E-state index contributed by atoms with van der Waals surface area (Å²) in [5, 5.41) is 19.8. The van der Waals surface area contributed by atoms with Crippen molar-refractivity contribution in [1.82, 2.24) is 0 Å². The van der Waals surface area contributed by atoms with Crippen LogP contribution in [-0.2, 0) is 13.0 Å². The Morgan fingerprint density at radius 2 is 1.91 bits per heavy atom. The maximum atomic E-state index is 9.38. The minimum absolute atomic E-state index is 0.440. The zero-order valence-corrected chi connectivity index (χ0v) is 18.9. The number of furan rings is 1. The first kappa shape index (κ1) is 22.2. The average Bonchev–Trinajstić information content (AvgIpc) is 3.46. The number of ether oxygens (including phenoxy) is 2. The highest BCUT2D eigenvalue weighted by atomic mass is 16.5. The number of hydrogen-bond acceptors (Lipinski definition) is 5. The number of nitrogens with zero attached hydrogens (tertiary/aromatic N) is 2. The Morgan fingerprint density at radius 3 is 2.61 bits per heavy atom. The fourth-order valence-electron chi connectivity index (χ4n) is 4.35. The molecule has 0 amide bonds. The number of nitriles is 2.